The molecule has 1 aliphatic heterocycles. The Hall–Kier alpha value is -2.60. The van der Waals surface area contributed by atoms with Gasteiger partial charge in [0.05, 0.1) is 27.7 Å². The summed E-state index contributed by atoms with van der Waals surface area (Å²) in [5, 5.41) is 0.879. The Kier molecular flexibility index (Phi) is 4.99. The molecule has 1 amide bonds. The predicted molar refractivity (Wildman–Crippen MR) is 107 cm³/mol. The van der Waals surface area contributed by atoms with E-state index in [1.807, 2.05) is 54.6 Å². The number of ether oxygens (including phenoxy) is 1. The number of halogens is 1. The molecule has 2 aromatic carbocycles. The average Bonchev–Trinajstić information content (AvgIpc) is 3.32. The molecule has 1 aliphatic rings. The van der Waals surface area contributed by atoms with E-state index in [1.165, 1.54) is 0 Å². The van der Waals surface area contributed by atoms with Crippen molar-refractivity contribution >= 4 is 38.9 Å². The van der Waals surface area contributed by atoms with E-state index in [0.717, 1.165) is 22.9 Å². The normalized spacial score (nSPS) is 16.6. The van der Waals surface area contributed by atoms with Crippen LogP contribution in [0.2, 0.25) is 0 Å². The molecule has 0 radical (unpaired) electrons. The van der Waals surface area contributed by atoms with Crippen molar-refractivity contribution in [3.63, 3.8) is 0 Å². The molecule has 1 atom stereocenters. The SMILES string of the molecule is O=C(c1cn(Br)c2ccccc12)[C@H]1CCCN1C(=O)OCc1ccccc1. The van der Waals surface area contributed by atoms with Crippen molar-refractivity contribution < 1.29 is 14.3 Å². The first-order valence-electron chi connectivity index (χ1n) is 8.93. The van der Waals surface area contributed by atoms with Gasteiger partial charge in [0, 0.05) is 23.7 Å². The van der Waals surface area contributed by atoms with E-state index in [-0.39, 0.29) is 12.4 Å². The van der Waals surface area contributed by atoms with Crippen molar-refractivity contribution in [3.8, 4) is 0 Å². The van der Waals surface area contributed by atoms with E-state index in [1.54, 1.807) is 14.7 Å². The molecule has 1 aromatic heterocycles. The first-order valence-corrected chi connectivity index (χ1v) is 9.64. The quantitative estimate of drug-likeness (QED) is 0.563. The van der Waals surface area contributed by atoms with Gasteiger partial charge in [0.15, 0.2) is 5.78 Å². The van der Waals surface area contributed by atoms with Crippen molar-refractivity contribution in [1.82, 2.24) is 8.49 Å². The predicted octanol–water partition coefficient (Wildman–Crippen LogP) is 4.78. The topological polar surface area (TPSA) is 51.5 Å². The number of amides is 1. The van der Waals surface area contributed by atoms with Gasteiger partial charge < -0.3 is 4.74 Å². The Labute approximate surface area is 165 Å². The van der Waals surface area contributed by atoms with Crippen LogP contribution in [0.3, 0.4) is 0 Å². The summed E-state index contributed by atoms with van der Waals surface area (Å²) < 4.78 is 7.21. The second-order valence-electron chi connectivity index (χ2n) is 6.63. The molecule has 4 rings (SSSR count). The molecule has 3 aromatic rings. The molecular formula is C21H19BrN2O3. The van der Waals surface area contributed by atoms with Crippen LogP contribution in [-0.2, 0) is 11.3 Å². The molecule has 27 heavy (non-hydrogen) atoms. The van der Waals surface area contributed by atoms with E-state index in [2.05, 4.69) is 16.1 Å². The average molecular weight is 427 g/mol. The first kappa shape index (κ1) is 17.8. The van der Waals surface area contributed by atoms with Crippen LogP contribution in [0.15, 0.2) is 60.8 Å². The highest BCUT2D eigenvalue weighted by molar-refractivity contribution is 9.08. The van der Waals surface area contributed by atoms with Crippen molar-refractivity contribution in [3.05, 3.63) is 71.9 Å². The fraction of sp³-hybridized carbons (Fsp3) is 0.238. The Morgan fingerprint density at radius 3 is 2.63 bits per heavy atom. The summed E-state index contributed by atoms with van der Waals surface area (Å²) in [6, 6.07) is 16.8. The number of ketones is 1. The monoisotopic (exact) mass is 426 g/mol. The zero-order valence-electron chi connectivity index (χ0n) is 14.7. The number of hydrogen-bond acceptors (Lipinski definition) is 3. The highest BCUT2D eigenvalue weighted by Crippen LogP contribution is 2.28. The first-order chi connectivity index (χ1) is 13.1. The fourth-order valence-corrected chi connectivity index (χ4v) is 4.09. The van der Waals surface area contributed by atoms with Crippen LogP contribution in [0.5, 0.6) is 0 Å². The van der Waals surface area contributed by atoms with E-state index in [9.17, 15) is 9.59 Å². The van der Waals surface area contributed by atoms with Crippen molar-refractivity contribution in [1.29, 1.82) is 0 Å². The molecule has 0 saturated carbocycles. The van der Waals surface area contributed by atoms with Crippen LogP contribution >= 0.6 is 16.1 Å². The van der Waals surface area contributed by atoms with E-state index >= 15 is 0 Å². The lowest BCUT2D eigenvalue weighted by Crippen LogP contribution is -2.40. The molecule has 0 N–H and O–H groups in total. The molecule has 6 heteroatoms. The number of likely N-dealkylation sites (tertiary alicyclic amines) is 1. The van der Waals surface area contributed by atoms with Crippen LogP contribution in [0.25, 0.3) is 10.9 Å². The summed E-state index contributed by atoms with van der Waals surface area (Å²) in [6.07, 6.45) is 2.79. The van der Waals surface area contributed by atoms with E-state index in [4.69, 9.17) is 4.74 Å². The van der Waals surface area contributed by atoms with Gasteiger partial charge in [-0.2, -0.15) is 0 Å². The van der Waals surface area contributed by atoms with Gasteiger partial charge in [-0.05, 0) is 24.5 Å². The van der Waals surface area contributed by atoms with Crippen LogP contribution in [0.4, 0.5) is 4.79 Å². The van der Waals surface area contributed by atoms with Gasteiger partial charge in [-0.15, -0.1) is 0 Å². The van der Waals surface area contributed by atoms with Gasteiger partial charge in [-0.3, -0.25) is 13.3 Å². The molecule has 5 nitrogen and oxygen atoms in total. The number of rotatable bonds is 4. The zero-order chi connectivity index (χ0) is 18.8. The minimum absolute atomic E-state index is 0.0430. The van der Waals surface area contributed by atoms with Crippen LogP contribution in [-0.4, -0.2) is 33.0 Å². The van der Waals surface area contributed by atoms with Gasteiger partial charge in [-0.1, -0.05) is 48.5 Å². The highest BCUT2D eigenvalue weighted by atomic mass is 79.9. The lowest BCUT2D eigenvalue weighted by Gasteiger charge is -2.23. The molecule has 0 spiro atoms. The maximum Gasteiger partial charge on any atom is 0.410 e. The summed E-state index contributed by atoms with van der Waals surface area (Å²) in [7, 11) is 0. The van der Waals surface area contributed by atoms with Crippen LogP contribution in [0, 0.1) is 0 Å². The molecule has 1 saturated heterocycles. The third-order valence-electron chi connectivity index (χ3n) is 4.93. The number of nitrogens with zero attached hydrogens (tertiary/aromatic N) is 2. The number of carbonyl (C=O) groups excluding carboxylic acids is 2. The Bertz CT molecular complexity index is 984. The number of aromatic nitrogens is 1. The minimum atomic E-state index is -0.480. The molecule has 0 aliphatic carbocycles. The van der Waals surface area contributed by atoms with Gasteiger partial charge in [-0.25, -0.2) is 4.79 Å². The molecule has 0 bridgehead atoms. The third kappa shape index (κ3) is 3.49. The number of benzene rings is 2. The number of Topliss-reactive ketones (excluding diaryl/α,β-unsaturated/α-hetero) is 1. The van der Waals surface area contributed by atoms with E-state index in [0.29, 0.717) is 18.5 Å². The van der Waals surface area contributed by atoms with Gasteiger partial charge in [0.1, 0.15) is 6.61 Å². The highest BCUT2D eigenvalue weighted by Gasteiger charge is 2.36. The van der Waals surface area contributed by atoms with Crippen molar-refractivity contribution in [2.24, 2.45) is 0 Å². The largest absolute Gasteiger partial charge is 0.445 e. The molecule has 0 unspecified atom stereocenters. The van der Waals surface area contributed by atoms with Gasteiger partial charge >= 0.3 is 6.09 Å². The fourth-order valence-electron chi connectivity index (χ4n) is 3.58. The standard InChI is InChI=1S/C21H19BrN2O3/c22-24-13-17(16-9-4-5-10-18(16)24)20(25)19-11-6-12-23(19)21(26)27-14-15-7-2-1-3-8-15/h1-5,7-10,13,19H,6,11-12,14H2/t19-/m1/s1. The summed E-state index contributed by atoms with van der Waals surface area (Å²) in [5.74, 6) is -0.0430. The zero-order valence-corrected chi connectivity index (χ0v) is 16.3. The number of para-hydroxylation sites is 1. The molecular weight excluding hydrogens is 408 g/mol. The Balaban J connectivity index is 1.52. The van der Waals surface area contributed by atoms with Crippen LogP contribution < -0.4 is 0 Å². The maximum atomic E-state index is 13.2. The summed E-state index contributed by atoms with van der Waals surface area (Å²) in [4.78, 5) is 27.3. The molecule has 2 heterocycles. The maximum absolute atomic E-state index is 13.2. The second kappa shape index (κ2) is 7.56. The molecule has 1 fully saturated rings. The lowest BCUT2D eigenvalue weighted by atomic mass is 10.0. The third-order valence-corrected chi connectivity index (χ3v) is 5.51. The second-order valence-corrected chi connectivity index (χ2v) is 7.39. The Morgan fingerprint density at radius 1 is 1.07 bits per heavy atom. The summed E-state index contributed by atoms with van der Waals surface area (Å²) in [5.41, 5.74) is 2.47. The number of hydrogen-bond donors (Lipinski definition) is 0. The smallest absolute Gasteiger partial charge is 0.410 e. The number of fused-ring (bicyclic) bond motifs is 1. The van der Waals surface area contributed by atoms with Crippen LogP contribution in [0.1, 0.15) is 28.8 Å². The number of carbonyl (C=O) groups is 2. The van der Waals surface area contributed by atoms with Gasteiger partial charge in [0.25, 0.3) is 0 Å². The lowest BCUT2D eigenvalue weighted by molar-refractivity contribution is 0.0739. The summed E-state index contributed by atoms with van der Waals surface area (Å²) >= 11 is 3.45. The van der Waals surface area contributed by atoms with Gasteiger partial charge in [0.2, 0.25) is 0 Å². The summed E-state index contributed by atoms with van der Waals surface area (Å²) in [6.45, 7) is 0.745. The van der Waals surface area contributed by atoms with E-state index < -0.39 is 12.1 Å². The Morgan fingerprint density at radius 2 is 1.81 bits per heavy atom. The molecule has 138 valence electrons. The van der Waals surface area contributed by atoms with Crippen molar-refractivity contribution in [2.75, 3.05) is 6.54 Å². The minimum Gasteiger partial charge on any atom is -0.445 e. The van der Waals surface area contributed by atoms with Crippen molar-refractivity contribution in [2.45, 2.75) is 25.5 Å².